The van der Waals surface area contributed by atoms with Crippen LogP contribution < -0.4 is 0 Å². The van der Waals surface area contributed by atoms with Crippen molar-refractivity contribution < 1.29 is 9.26 Å². The number of hydrogen-bond acceptors (Lipinski definition) is 5. The maximum absolute atomic E-state index is 5.55. The molecule has 1 aliphatic rings. The van der Waals surface area contributed by atoms with E-state index in [0.29, 0.717) is 12.2 Å². The molecule has 0 spiro atoms. The van der Waals surface area contributed by atoms with Crippen LogP contribution in [0.3, 0.4) is 0 Å². The third-order valence-corrected chi connectivity index (χ3v) is 4.65. The quantitative estimate of drug-likeness (QED) is 0.743. The van der Waals surface area contributed by atoms with Crippen LogP contribution in [0.1, 0.15) is 37.0 Å². The van der Waals surface area contributed by atoms with E-state index in [0.717, 1.165) is 48.4 Å². The first-order valence-corrected chi connectivity index (χ1v) is 7.98. The van der Waals surface area contributed by atoms with Crippen LogP contribution in [0.15, 0.2) is 41.1 Å². The Labute approximate surface area is 134 Å². The molecule has 2 aromatic heterocycles. The van der Waals surface area contributed by atoms with E-state index in [9.17, 15) is 0 Å². The molecule has 0 saturated carbocycles. The van der Waals surface area contributed by atoms with Gasteiger partial charge in [0, 0.05) is 31.2 Å². The summed E-state index contributed by atoms with van der Waals surface area (Å²) < 4.78 is 11.0. The fourth-order valence-electron chi connectivity index (χ4n) is 3.09. The zero-order valence-electron chi connectivity index (χ0n) is 13.2. The molecule has 0 N–H and O–H groups in total. The molecule has 4 rings (SSSR count). The number of pyridine rings is 1. The Kier molecular flexibility index (Phi) is 3.58. The van der Waals surface area contributed by atoms with E-state index in [1.807, 2.05) is 18.3 Å². The van der Waals surface area contributed by atoms with Gasteiger partial charge >= 0.3 is 0 Å². The predicted octanol–water partition coefficient (Wildman–Crippen LogP) is 3.28. The summed E-state index contributed by atoms with van der Waals surface area (Å²) in [6.07, 6.45) is 4.29. The standard InChI is InChI=1S/C18H19N3O2/c1-18(7-10-22-11-8-18)17-20-15(21-23-17)12-14-5-2-4-13-6-3-9-19-16(13)14/h2-6,9H,7-8,10-12H2,1H3. The summed E-state index contributed by atoms with van der Waals surface area (Å²) in [4.78, 5) is 9.13. The van der Waals surface area contributed by atoms with Crippen molar-refractivity contribution in [3.8, 4) is 0 Å². The van der Waals surface area contributed by atoms with Gasteiger partial charge in [-0.05, 0) is 24.5 Å². The van der Waals surface area contributed by atoms with Crippen LogP contribution in [0.4, 0.5) is 0 Å². The Hall–Kier alpha value is -2.27. The Morgan fingerprint density at radius 1 is 1.13 bits per heavy atom. The fraction of sp³-hybridized carbons (Fsp3) is 0.389. The minimum atomic E-state index is -0.0689. The van der Waals surface area contributed by atoms with Crippen molar-refractivity contribution in [3.05, 3.63) is 53.8 Å². The number of benzene rings is 1. The number of para-hydroxylation sites is 1. The fourth-order valence-corrected chi connectivity index (χ4v) is 3.09. The molecule has 3 aromatic rings. The van der Waals surface area contributed by atoms with Crippen LogP contribution in [-0.2, 0) is 16.6 Å². The van der Waals surface area contributed by atoms with Crippen molar-refractivity contribution in [1.82, 2.24) is 15.1 Å². The summed E-state index contributed by atoms with van der Waals surface area (Å²) >= 11 is 0. The molecule has 0 amide bonds. The molecule has 5 nitrogen and oxygen atoms in total. The topological polar surface area (TPSA) is 61.0 Å². The maximum atomic E-state index is 5.55. The molecule has 1 fully saturated rings. The highest BCUT2D eigenvalue weighted by atomic mass is 16.5. The SMILES string of the molecule is CC1(c2nc(Cc3cccc4cccnc34)no2)CCOCC1. The van der Waals surface area contributed by atoms with E-state index in [4.69, 9.17) is 9.26 Å². The van der Waals surface area contributed by atoms with Crippen molar-refractivity contribution in [2.75, 3.05) is 13.2 Å². The summed E-state index contributed by atoms with van der Waals surface area (Å²) in [5.41, 5.74) is 2.05. The van der Waals surface area contributed by atoms with E-state index >= 15 is 0 Å². The molecule has 1 aromatic carbocycles. The lowest BCUT2D eigenvalue weighted by molar-refractivity contribution is 0.0447. The van der Waals surface area contributed by atoms with Crippen molar-refractivity contribution in [2.24, 2.45) is 0 Å². The Morgan fingerprint density at radius 3 is 2.83 bits per heavy atom. The average Bonchev–Trinajstić information content (AvgIpc) is 3.05. The number of rotatable bonds is 3. The predicted molar refractivity (Wildman–Crippen MR) is 86.3 cm³/mol. The summed E-state index contributed by atoms with van der Waals surface area (Å²) in [5, 5.41) is 5.31. The van der Waals surface area contributed by atoms with Gasteiger partial charge in [-0.15, -0.1) is 0 Å². The summed E-state index contributed by atoms with van der Waals surface area (Å²) in [6.45, 7) is 3.68. The highest BCUT2D eigenvalue weighted by molar-refractivity contribution is 5.81. The molecule has 0 atom stereocenters. The van der Waals surface area contributed by atoms with Crippen molar-refractivity contribution in [1.29, 1.82) is 0 Å². The van der Waals surface area contributed by atoms with Gasteiger partial charge in [0.1, 0.15) is 0 Å². The number of ether oxygens (including phenoxy) is 1. The van der Waals surface area contributed by atoms with E-state index < -0.39 is 0 Å². The molecule has 1 saturated heterocycles. The minimum absolute atomic E-state index is 0.0689. The van der Waals surface area contributed by atoms with Crippen LogP contribution in [0.25, 0.3) is 10.9 Å². The summed E-state index contributed by atoms with van der Waals surface area (Å²) in [7, 11) is 0. The molecule has 3 heterocycles. The number of hydrogen-bond donors (Lipinski definition) is 0. The van der Waals surface area contributed by atoms with Crippen LogP contribution in [-0.4, -0.2) is 28.3 Å². The molecular weight excluding hydrogens is 290 g/mol. The molecule has 0 unspecified atom stereocenters. The molecule has 0 aliphatic carbocycles. The minimum Gasteiger partial charge on any atom is -0.381 e. The third kappa shape index (κ3) is 2.72. The Bertz CT molecular complexity index is 817. The molecule has 0 radical (unpaired) electrons. The van der Waals surface area contributed by atoms with E-state index in [1.54, 1.807) is 0 Å². The van der Waals surface area contributed by atoms with Crippen LogP contribution >= 0.6 is 0 Å². The monoisotopic (exact) mass is 309 g/mol. The first-order valence-electron chi connectivity index (χ1n) is 7.98. The van der Waals surface area contributed by atoms with Gasteiger partial charge in [0.25, 0.3) is 0 Å². The highest BCUT2D eigenvalue weighted by Crippen LogP contribution is 2.33. The lowest BCUT2D eigenvalue weighted by atomic mass is 9.82. The zero-order chi connectivity index (χ0) is 15.7. The molecule has 5 heteroatoms. The van der Waals surface area contributed by atoms with Gasteiger partial charge in [0.2, 0.25) is 5.89 Å². The third-order valence-electron chi connectivity index (χ3n) is 4.65. The highest BCUT2D eigenvalue weighted by Gasteiger charge is 2.35. The number of aromatic nitrogens is 3. The molecule has 118 valence electrons. The molecule has 23 heavy (non-hydrogen) atoms. The number of fused-ring (bicyclic) bond motifs is 1. The van der Waals surface area contributed by atoms with Crippen molar-refractivity contribution >= 4 is 10.9 Å². The largest absolute Gasteiger partial charge is 0.381 e. The van der Waals surface area contributed by atoms with Crippen molar-refractivity contribution in [2.45, 2.75) is 31.6 Å². The van der Waals surface area contributed by atoms with Crippen LogP contribution in [0.5, 0.6) is 0 Å². The average molecular weight is 309 g/mol. The smallest absolute Gasteiger partial charge is 0.232 e. The molecule has 0 bridgehead atoms. The van der Waals surface area contributed by atoms with Gasteiger partial charge < -0.3 is 9.26 Å². The number of nitrogens with zero attached hydrogens (tertiary/aromatic N) is 3. The summed E-state index contributed by atoms with van der Waals surface area (Å²) in [6, 6.07) is 10.2. The first kappa shape index (κ1) is 14.3. The lowest BCUT2D eigenvalue weighted by Gasteiger charge is -2.29. The second kappa shape index (κ2) is 5.74. The van der Waals surface area contributed by atoms with Crippen molar-refractivity contribution in [3.63, 3.8) is 0 Å². The Balaban J connectivity index is 1.62. The van der Waals surface area contributed by atoms with Crippen LogP contribution in [0, 0.1) is 0 Å². The Morgan fingerprint density at radius 2 is 1.96 bits per heavy atom. The van der Waals surface area contributed by atoms with Gasteiger partial charge in [0.15, 0.2) is 5.82 Å². The summed E-state index contributed by atoms with van der Waals surface area (Å²) in [5.74, 6) is 1.44. The normalized spacial score (nSPS) is 17.4. The maximum Gasteiger partial charge on any atom is 0.232 e. The van der Waals surface area contributed by atoms with E-state index in [2.05, 4.69) is 40.2 Å². The zero-order valence-corrected chi connectivity index (χ0v) is 13.2. The van der Waals surface area contributed by atoms with Gasteiger partial charge in [-0.3, -0.25) is 4.98 Å². The van der Waals surface area contributed by atoms with Gasteiger partial charge in [-0.25, -0.2) is 0 Å². The second-order valence-corrected chi connectivity index (χ2v) is 6.36. The van der Waals surface area contributed by atoms with E-state index in [-0.39, 0.29) is 5.41 Å². The molecular formula is C18H19N3O2. The van der Waals surface area contributed by atoms with Gasteiger partial charge in [0.05, 0.1) is 10.9 Å². The van der Waals surface area contributed by atoms with E-state index in [1.165, 1.54) is 0 Å². The lowest BCUT2D eigenvalue weighted by Crippen LogP contribution is -2.31. The first-order chi connectivity index (χ1) is 11.2. The molecule has 1 aliphatic heterocycles. The van der Waals surface area contributed by atoms with Gasteiger partial charge in [-0.2, -0.15) is 4.98 Å². The van der Waals surface area contributed by atoms with Gasteiger partial charge in [-0.1, -0.05) is 36.3 Å². The second-order valence-electron chi connectivity index (χ2n) is 6.36. The van der Waals surface area contributed by atoms with Crippen LogP contribution in [0.2, 0.25) is 0 Å².